The number of nitrogens with two attached hydrogens (primary N) is 1. The Morgan fingerprint density at radius 1 is 1.06 bits per heavy atom. The molecule has 5 nitrogen and oxygen atoms in total. The van der Waals surface area contributed by atoms with Gasteiger partial charge >= 0.3 is 0 Å². The van der Waals surface area contributed by atoms with Crippen LogP contribution in [0.1, 0.15) is 11.6 Å². The Labute approximate surface area is 94.3 Å². The molecular weight excluding hydrogens is 208 g/mol. The maximum atomic E-state index is 8.80. The third-order valence-corrected chi connectivity index (χ3v) is 2.21. The van der Waals surface area contributed by atoms with E-state index in [1.54, 1.807) is 12.1 Å². The quantitative estimate of drug-likeness (QED) is 0.829. The van der Waals surface area contributed by atoms with Crippen LogP contribution in [0.2, 0.25) is 0 Å². The Kier molecular flexibility index (Phi) is 3.97. The highest BCUT2D eigenvalue weighted by molar-refractivity contribution is 5.52. The molecule has 0 aromatic heterocycles. The van der Waals surface area contributed by atoms with E-state index in [2.05, 4.69) is 0 Å². The van der Waals surface area contributed by atoms with Crippen LogP contribution in [0.25, 0.3) is 0 Å². The number of hydrogen-bond acceptors (Lipinski definition) is 5. The Morgan fingerprint density at radius 3 is 2.00 bits per heavy atom. The SMILES string of the molecule is COc1cc(OC)c(C(N)C#N)cc1OC. The molecule has 0 saturated carbocycles. The second-order valence-corrected chi connectivity index (χ2v) is 3.06. The van der Waals surface area contributed by atoms with Crippen molar-refractivity contribution in [1.29, 1.82) is 5.26 Å². The Bertz CT molecular complexity index is 412. The fourth-order valence-electron chi connectivity index (χ4n) is 1.37. The van der Waals surface area contributed by atoms with Crippen molar-refractivity contribution >= 4 is 0 Å². The van der Waals surface area contributed by atoms with Gasteiger partial charge < -0.3 is 19.9 Å². The molecular formula is C11H14N2O3. The zero-order chi connectivity index (χ0) is 12.1. The molecule has 1 aromatic rings. The molecule has 86 valence electrons. The van der Waals surface area contributed by atoms with Crippen LogP contribution in [0.5, 0.6) is 17.2 Å². The molecule has 0 aliphatic heterocycles. The van der Waals surface area contributed by atoms with Crippen molar-refractivity contribution in [2.45, 2.75) is 6.04 Å². The molecule has 5 heteroatoms. The lowest BCUT2D eigenvalue weighted by Gasteiger charge is -2.14. The number of rotatable bonds is 4. The van der Waals surface area contributed by atoms with E-state index in [4.69, 9.17) is 25.2 Å². The summed E-state index contributed by atoms with van der Waals surface area (Å²) >= 11 is 0. The fourth-order valence-corrected chi connectivity index (χ4v) is 1.37. The largest absolute Gasteiger partial charge is 0.496 e. The summed E-state index contributed by atoms with van der Waals surface area (Å²) in [5.41, 5.74) is 6.22. The summed E-state index contributed by atoms with van der Waals surface area (Å²) < 4.78 is 15.4. The van der Waals surface area contributed by atoms with Gasteiger partial charge in [-0.3, -0.25) is 0 Å². The van der Waals surface area contributed by atoms with Crippen molar-refractivity contribution in [3.8, 4) is 23.3 Å². The summed E-state index contributed by atoms with van der Waals surface area (Å²) in [7, 11) is 4.56. The third kappa shape index (κ3) is 2.18. The average molecular weight is 222 g/mol. The number of nitrogens with zero attached hydrogens (tertiary/aromatic N) is 1. The minimum absolute atomic E-state index is 0.506. The lowest BCUT2D eigenvalue weighted by molar-refractivity contribution is 0.347. The van der Waals surface area contributed by atoms with Crippen LogP contribution < -0.4 is 19.9 Å². The van der Waals surface area contributed by atoms with Gasteiger partial charge in [0.25, 0.3) is 0 Å². The first kappa shape index (κ1) is 12.1. The average Bonchev–Trinajstić information content (AvgIpc) is 2.35. The predicted octanol–water partition coefficient (Wildman–Crippen LogP) is 1.24. The first-order chi connectivity index (χ1) is 7.67. The number of nitriles is 1. The molecule has 1 aromatic carbocycles. The van der Waals surface area contributed by atoms with E-state index >= 15 is 0 Å². The van der Waals surface area contributed by atoms with E-state index in [1.807, 2.05) is 6.07 Å². The predicted molar refractivity (Wildman–Crippen MR) is 58.6 cm³/mol. The van der Waals surface area contributed by atoms with Crippen LogP contribution >= 0.6 is 0 Å². The van der Waals surface area contributed by atoms with Gasteiger partial charge in [-0.25, -0.2) is 0 Å². The highest BCUT2D eigenvalue weighted by atomic mass is 16.5. The minimum atomic E-state index is -0.755. The smallest absolute Gasteiger partial charge is 0.164 e. The maximum Gasteiger partial charge on any atom is 0.164 e. The lowest BCUT2D eigenvalue weighted by Crippen LogP contribution is -2.09. The third-order valence-electron chi connectivity index (χ3n) is 2.21. The molecule has 16 heavy (non-hydrogen) atoms. The Balaban J connectivity index is 3.32. The number of benzene rings is 1. The van der Waals surface area contributed by atoms with Gasteiger partial charge in [-0.2, -0.15) is 5.26 Å². The molecule has 1 atom stereocenters. The van der Waals surface area contributed by atoms with Crippen molar-refractivity contribution in [2.24, 2.45) is 5.73 Å². The Morgan fingerprint density at radius 2 is 1.56 bits per heavy atom. The van der Waals surface area contributed by atoms with Crippen LogP contribution in [0, 0.1) is 11.3 Å². The van der Waals surface area contributed by atoms with Crippen LogP contribution in [0.4, 0.5) is 0 Å². The van der Waals surface area contributed by atoms with E-state index in [-0.39, 0.29) is 0 Å². The second-order valence-electron chi connectivity index (χ2n) is 3.06. The molecule has 0 fully saturated rings. The summed E-state index contributed by atoms with van der Waals surface area (Å²) in [4.78, 5) is 0. The van der Waals surface area contributed by atoms with Crippen molar-refractivity contribution in [3.63, 3.8) is 0 Å². The van der Waals surface area contributed by atoms with Crippen molar-refractivity contribution < 1.29 is 14.2 Å². The lowest BCUT2D eigenvalue weighted by atomic mass is 10.1. The number of methoxy groups -OCH3 is 3. The van der Waals surface area contributed by atoms with Gasteiger partial charge in [0.15, 0.2) is 11.5 Å². The molecule has 0 spiro atoms. The molecule has 1 unspecified atom stereocenters. The van der Waals surface area contributed by atoms with Crippen LogP contribution in [0.15, 0.2) is 12.1 Å². The highest BCUT2D eigenvalue weighted by Crippen LogP contribution is 2.36. The zero-order valence-corrected chi connectivity index (χ0v) is 9.48. The summed E-state index contributed by atoms with van der Waals surface area (Å²) in [6.45, 7) is 0. The van der Waals surface area contributed by atoms with Crippen LogP contribution in [-0.2, 0) is 0 Å². The molecule has 0 saturated heterocycles. The van der Waals surface area contributed by atoms with E-state index in [0.717, 1.165) is 0 Å². The van der Waals surface area contributed by atoms with Gasteiger partial charge in [-0.05, 0) is 6.07 Å². The second kappa shape index (κ2) is 5.24. The summed E-state index contributed by atoms with van der Waals surface area (Å²) in [6, 6.07) is 4.48. The molecule has 2 N–H and O–H groups in total. The van der Waals surface area contributed by atoms with Gasteiger partial charge in [0, 0.05) is 11.6 Å². The molecule has 0 amide bonds. The fraction of sp³-hybridized carbons (Fsp3) is 0.364. The van der Waals surface area contributed by atoms with Gasteiger partial charge in [-0.1, -0.05) is 0 Å². The van der Waals surface area contributed by atoms with Crippen LogP contribution in [0.3, 0.4) is 0 Å². The van der Waals surface area contributed by atoms with E-state index in [9.17, 15) is 0 Å². The first-order valence-corrected chi connectivity index (χ1v) is 4.63. The van der Waals surface area contributed by atoms with Crippen molar-refractivity contribution in [2.75, 3.05) is 21.3 Å². The Hall–Kier alpha value is -1.93. The van der Waals surface area contributed by atoms with Crippen molar-refractivity contribution in [1.82, 2.24) is 0 Å². The standard InChI is InChI=1S/C11H14N2O3/c1-14-9-5-11(16-3)10(15-2)4-7(9)8(13)6-12/h4-5,8H,13H2,1-3H3. The number of hydrogen-bond donors (Lipinski definition) is 1. The van der Waals surface area contributed by atoms with Crippen LogP contribution in [-0.4, -0.2) is 21.3 Å². The van der Waals surface area contributed by atoms with Gasteiger partial charge in [0.2, 0.25) is 0 Å². The van der Waals surface area contributed by atoms with Gasteiger partial charge in [-0.15, -0.1) is 0 Å². The van der Waals surface area contributed by atoms with E-state index in [1.165, 1.54) is 21.3 Å². The highest BCUT2D eigenvalue weighted by Gasteiger charge is 2.16. The number of ether oxygens (including phenoxy) is 3. The molecule has 1 rings (SSSR count). The molecule has 0 radical (unpaired) electrons. The van der Waals surface area contributed by atoms with E-state index < -0.39 is 6.04 Å². The van der Waals surface area contributed by atoms with E-state index in [0.29, 0.717) is 22.8 Å². The minimum Gasteiger partial charge on any atom is -0.496 e. The monoisotopic (exact) mass is 222 g/mol. The normalized spacial score (nSPS) is 11.4. The summed E-state index contributed by atoms with van der Waals surface area (Å²) in [5, 5.41) is 8.80. The molecule has 0 bridgehead atoms. The summed E-state index contributed by atoms with van der Waals surface area (Å²) in [5.74, 6) is 1.56. The van der Waals surface area contributed by atoms with Gasteiger partial charge in [0.1, 0.15) is 11.8 Å². The first-order valence-electron chi connectivity index (χ1n) is 4.63. The maximum absolute atomic E-state index is 8.80. The van der Waals surface area contributed by atoms with Crippen molar-refractivity contribution in [3.05, 3.63) is 17.7 Å². The zero-order valence-electron chi connectivity index (χ0n) is 9.48. The molecule has 0 heterocycles. The molecule has 0 aliphatic carbocycles. The van der Waals surface area contributed by atoms with Gasteiger partial charge in [0.05, 0.1) is 27.4 Å². The molecule has 0 aliphatic rings. The summed E-state index contributed by atoms with van der Waals surface area (Å²) in [6.07, 6.45) is 0. The topological polar surface area (TPSA) is 77.5 Å².